The molecule has 0 saturated carbocycles. The monoisotopic (exact) mass is 292 g/mol. The largest absolute Gasteiger partial charge is 0.313 e. The highest BCUT2D eigenvalue weighted by Crippen LogP contribution is 2.20. The van der Waals surface area contributed by atoms with Crippen molar-refractivity contribution >= 4 is 10.0 Å². The van der Waals surface area contributed by atoms with Crippen molar-refractivity contribution in [2.75, 3.05) is 20.6 Å². The van der Waals surface area contributed by atoms with Gasteiger partial charge in [-0.25, -0.2) is 17.2 Å². The number of rotatable bonds is 6. The summed E-state index contributed by atoms with van der Waals surface area (Å²) in [6, 6.07) is 6.27. The third kappa shape index (κ3) is 3.95. The molecule has 0 aliphatic heterocycles. The van der Waals surface area contributed by atoms with E-state index >= 15 is 0 Å². The number of halogens is 2. The molecule has 1 aromatic rings. The zero-order valence-electron chi connectivity index (χ0n) is 11.1. The zero-order chi connectivity index (χ0) is 14.6. The summed E-state index contributed by atoms with van der Waals surface area (Å²) in [7, 11) is -0.966. The molecular weight excluding hydrogens is 274 g/mol. The Balaban J connectivity index is 3.08. The Kier molecular flexibility index (Phi) is 5.39. The van der Waals surface area contributed by atoms with Gasteiger partial charge in [0.25, 0.3) is 6.43 Å². The third-order valence-electron chi connectivity index (χ3n) is 2.89. The van der Waals surface area contributed by atoms with E-state index in [9.17, 15) is 17.2 Å². The Morgan fingerprint density at radius 2 is 2.00 bits per heavy atom. The van der Waals surface area contributed by atoms with Gasteiger partial charge in [0, 0.05) is 13.1 Å². The van der Waals surface area contributed by atoms with E-state index in [-0.39, 0.29) is 10.9 Å². The second-order valence-electron chi connectivity index (χ2n) is 4.26. The van der Waals surface area contributed by atoms with E-state index in [0.717, 1.165) is 12.6 Å². The molecule has 0 heterocycles. The average Bonchev–Trinajstić information content (AvgIpc) is 2.37. The first-order valence-corrected chi connectivity index (χ1v) is 7.24. The SMILES string of the molecule is CNC(C)c1cccc(S(=O)(=O)N(C)CC(F)F)c1. The van der Waals surface area contributed by atoms with Gasteiger partial charge in [-0.2, -0.15) is 4.31 Å². The number of nitrogens with zero attached hydrogens (tertiary/aromatic N) is 1. The lowest BCUT2D eigenvalue weighted by atomic mass is 10.1. The van der Waals surface area contributed by atoms with E-state index in [1.165, 1.54) is 12.1 Å². The van der Waals surface area contributed by atoms with Crippen molar-refractivity contribution in [3.8, 4) is 0 Å². The zero-order valence-corrected chi connectivity index (χ0v) is 11.9. The number of benzene rings is 1. The molecule has 7 heteroatoms. The molecule has 1 atom stereocenters. The van der Waals surface area contributed by atoms with Gasteiger partial charge in [0.2, 0.25) is 10.0 Å². The molecule has 0 amide bonds. The van der Waals surface area contributed by atoms with Crippen molar-refractivity contribution in [3.05, 3.63) is 29.8 Å². The maximum Gasteiger partial charge on any atom is 0.252 e. The summed E-state index contributed by atoms with van der Waals surface area (Å²) in [5, 5.41) is 2.99. The maximum atomic E-state index is 12.3. The molecule has 4 nitrogen and oxygen atoms in total. The molecular formula is C12H18F2N2O2S. The van der Waals surface area contributed by atoms with Crippen LogP contribution in [0.25, 0.3) is 0 Å². The van der Waals surface area contributed by atoms with E-state index in [0.29, 0.717) is 4.31 Å². The minimum Gasteiger partial charge on any atom is -0.313 e. The van der Waals surface area contributed by atoms with Crippen LogP contribution in [0.1, 0.15) is 18.5 Å². The molecule has 1 unspecified atom stereocenters. The Morgan fingerprint density at radius 1 is 1.37 bits per heavy atom. The Morgan fingerprint density at radius 3 is 2.53 bits per heavy atom. The summed E-state index contributed by atoms with van der Waals surface area (Å²) in [5.41, 5.74) is 0.786. The predicted molar refractivity (Wildman–Crippen MR) is 69.7 cm³/mol. The fourth-order valence-electron chi connectivity index (χ4n) is 1.58. The van der Waals surface area contributed by atoms with Crippen molar-refractivity contribution in [1.82, 2.24) is 9.62 Å². The lowest BCUT2D eigenvalue weighted by Gasteiger charge is -2.18. The minimum absolute atomic E-state index is 0.0180. The van der Waals surface area contributed by atoms with Crippen molar-refractivity contribution < 1.29 is 17.2 Å². The molecule has 0 aromatic heterocycles. The molecule has 0 fully saturated rings. The van der Waals surface area contributed by atoms with Gasteiger partial charge >= 0.3 is 0 Å². The van der Waals surface area contributed by atoms with Gasteiger partial charge in [0.1, 0.15) is 0 Å². The fraction of sp³-hybridized carbons (Fsp3) is 0.500. The summed E-state index contributed by atoms with van der Waals surface area (Å²) >= 11 is 0. The molecule has 19 heavy (non-hydrogen) atoms. The van der Waals surface area contributed by atoms with Crippen LogP contribution in [-0.4, -0.2) is 39.8 Å². The van der Waals surface area contributed by atoms with Crippen molar-refractivity contribution in [2.45, 2.75) is 24.3 Å². The van der Waals surface area contributed by atoms with Crippen LogP contribution in [0.5, 0.6) is 0 Å². The van der Waals surface area contributed by atoms with Gasteiger partial charge in [0.15, 0.2) is 0 Å². The van der Waals surface area contributed by atoms with Gasteiger partial charge in [-0.3, -0.25) is 0 Å². The van der Waals surface area contributed by atoms with Gasteiger partial charge < -0.3 is 5.32 Å². The highest BCUT2D eigenvalue weighted by atomic mass is 32.2. The van der Waals surface area contributed by atoms with Crippen LogP contribution < -0.4 is 5.32 Å². The van der Waals surface area contributed by atoms with Gasteiger partial charge in [-0.05, 0) is 31.7 Å². The Labute approximate surface area is 112 Å². The van der Waals surface area contributed by atoms with Gasteiger partial charge in [-0.1, -0.05) is 12.1 Å². The molecule has 0 bridgehead atoms. The maximum absolute atomic E-state index is 12.3. The molecule has 0 radical (unpaired) electrons. The second-order valence-corrected chi connectivity index (χ2v) is 6.30. The van der Waals surface area contributed by atoms with E-state index in [4.69, 9.17) is 0 Å². The van der Waals surface area contributed by atoms with E-state index < -0.39 is 23.0 Å². The van der Waals surface area contributed by atoms with Crippen LogP contribution in [0, 0.1) is 0 Å². The van der Waals surface area contributed by atoms with Crippen LogP contribution in [0.2, 0.25) is 0 Å². The van der Waals surface area contributed by atoms with E-state index in [1.54, 1.807) is 19.2 Å². The highest BCUT2D eigenvalue weighted by molar-refractivity contribution is 7.89. The van der Waals surface area contributed by atoms with Crippen molar-refractivity contribution in [1.29, 1.82) is 0 Å². The first-order chi connectivity index (χ1) is 8.78. The average molecular weight is 292 g/mol. The normalized spacial score (nSPS) is 14.1. The second kappa shape index (κ2) is 6.40. The van der Waals surface area contributed by atoms with Crippen LogP contribution in [0.15, 0.2) is 29.2 Å². The van der Waals surface area contributed by atoms with Crippen LogP contribution >= 0.6 is 0 Å². The van der Waals surface area contributed by atoms with Gasteiger partial charge in [-0.15, -0.1) is 0 Å². The summed E-state index contributed by atoms with van der Waals surface area (Å²) in [6.45, 7) is 1.07. The Hall–Kier alpha value is -1.05. The third-order valence-corrected chi connectivity index (χ3v) is 4.71. The number of alkyl halides is 2. The number of hydrogen-bond acceptors (Lipinski definition) is 3. The molecule has 0 saturated heterocycles. The molecule has 0 aliphatic rings. The van der Waals surface area contributed by atoms with Crippen LogP contribution in [0.3, 0.4) is 0 Å². The predicted octanol–water partition coefficient (Wildman–Crippen LogP) is 1.85. The molecule has 108 valence electrons. The smallest absolute Gasteiger partial charge is 0.252 e. The van der Waals surface area contributed by atoms with Crippen LogP contribution in [-0.2, 0) is 10.0 Å². The summed E-state index contributed by atoms with van der Waals surface area (Å²) in [5.74, 6) is 0. The Bertz CT molecular complexity index is 520. The summed E-state index contributed by atoms with van der Waals surface area (Å²) < 4.78 is 49.4. The highest BCUT2D eigenvalue weighted by Gasteiger charge is 2.24. The van der Waals surface area contributed by atoms with Gasteiger partial charge in [0.05, 0.1) is 11.4 Å². The van der Waals surface area contributed by atoms with Crippen molar-refractivity contribution in [2.24, 2.45) is 0 Å². The first kappa shape index (κ1) is 16.0. The van der Waals surface area contributed by atoms with Crippen LogP contribution in [0.4, 0.5) is 8.78 Å². The lowest BCUT2D eigenvalue weighted by Crippen LogP contribution is -2.31. The topological polar surface area (TPSA) is 49.4 Å². The summed E-state index contributed by atoms with van der Waals surface area (Å²) in [6.07, 6.45) is -2.70. The van der Waals surface area contributed by atoms with E-state index in [1.807, 2.05) is 6.92 Å². The number of hydrogen-bond donors (Lipinski definition) is 1. The molecule has 0 aliphatic carbocycles. The number of sulfonamides is 1. The molecule has 1 aromatic carbocycles. The number of nitrogens with one attached hydrogen (secondary N) is 1. The quantitative estimate of drug-likeness (QED) is 0.870. The summed E-state index contributed by atoms with van der Waals surface area (Å²) in [4.78, 5) is 0.0234. The van der Waals surface area contributed by atoms with E-state index in [2.05, 4.69) is 5.32 Å². The first-order valence-electron chi connectivity index (χ1n) is 5.80. The van der Waals surface area contributed by atoms with Crippen molar-refractivity contribution in [3.63, 3.8) is 0 Å². The molecule has 1 rings (SSSR count). The molecule has 0 spiro atoms. The fourth-order valence-corrected chi connectivity index (χ4v) is 2.79. The standard InChI is InChI=1S/C12H18F2N2O2S/c1-9(15-2)10-5-4-6-11(7-10)19(17,18)16(3)8-12(13)14/h4-7,9,12,15H,8H2,1-3H3. The molecule has 1 N–H and O–H groups in total. The minimum atomic E-state index is -3.87. The lowest BCUT2D eigenvalue weighted by molar-refractivity contribution is 0.126.